The van der Waals surface area contributed by atoms with E-state index in [-0.39, 0.29) is 18.6 Å². The minimum atomic E-state index is -0.0313. The molecule has 0 unspecified atom stereocenters. The Hall–Kier alpha value is -1.36. The van der Waals surface area contributed by atoms with Crippen molar-refractivity contribution >= 4 is 0 Å². The highest BCUT2D eigenvalue weighted by atomic mass is 16.5. The summed E-state index contributed by atoms with van der Waals surface area (Å²) in [6, 6.07) is 8.02. The van der Waals surface area contributed by atoms with Crippen LogP contribution in [-0.4, -0.2) is 48.0 Å². The number of piperidine rings is 1. The summed E-state index contributed by atoms with van der Waals surface area (Å²) in [6.07, 6.45) is 5.37. The highest BCUT2D eigenvalue weighted by molar-refractivity contribution is 5.33. The van der Waals surface area contributed by atoms with Gasteiger partial charge in [-0.1, -0.05) is 29.8 Å². The van der Waals surface area contributed by atoms with Gasteiger partial charge in [-0.2, -0.15) is 0 Å². The molecule has 4 nitrogen and oxygen atoms in total. The number of ether oxygens (including phenoxy) is 1. The van der Waals surface area contributed by atoms with E-state index in [2.05, 4.69) is 30.9 Å². The third-order valence-corrected chi connectivity index (χ3v) is 4.73. The van der Waals surface area contributed by atoms with Gasteiger partial charge in [0, 0.05) is 24.1 Å². The summed E-state index contributed by atoms with van der Waals surface area (Å²) in [5.41, 5.74) is 2.42. The minimum absolute atomic E-state index is 0.0222. The molecular formula is C20H31NO3. The van der Waals surface area contributed by atoms with Crippen molar-refractivity contribution in [3.63, 3.8) is 0 Å². The standard InChI is InChI=1S/C20H31NO3/c1-17(2)8-10-20(16-23)9-5-11-21(15-20)14-18-6-3-4-7-19(18)24-13-12-22/h3-4,6-8,22-23H,5,9-16H2,1-2H3/t20-/m1/s1. The lowest BCUT2D eigenvalue weighted by atomic mass is 9.77. The van der Waals surface area contributed by atoms with Crippen LogP contribution in [0.1, 0.15) is 38.7 Å². The van der Waals surface area contributed by atoms with Gasteiger partial charge in [0.05, 0.1) is 13.2 Å². The van der Waals surface area contributed by atoms with Crippen LogP contribution < -0.4 is 4.74 Å². The average Bonchev–Trinajstić information content (AvgIpc) is 2.59. The molecule has 0 amide bonds. The third-order valence-electron chi connectivity index (χ3n) is 4.73. The Morgan fingerprint density at radius 1 is 1.29 bits per heavy atom. The zero-order chi connectivity index (χ0) is 17.4. The molecule has 0 aromatic heterocycles. The first kappa shape index (κ1) is 19.0. The van der Waals surface area contributed by atoms with Crippen LogP contribution in [0.5, 0.6) is 5.75 Å². The lowest BCUT2D eigenvalue weighted by Crippen LogP contribution is -2.44. The summed E-state index contributed by atoms with van der Waals surface area (Å²) >= 11 is 0. The quantitative estimate of drug-likeness (QED) is 0.718. The predicted octanol–water partition coefficient (Wildman–Crippen LogP) is 2.99. The number of aliphatic hydroxyl groups is 2. The van der Waals surface area contributed by atoms with E-state index in [9.17, 15) is 5.11 Å². The number of likely N-dealkylation sites (tertiary alicyclic amines) is 1. The fourth-order valence-electron chi connectivity index (χ4n) is 3.40. The van der Waals surface area contributed by atoms with Crippen molar-refractivity contribution in [3.05, 3.63) is 41.5 Å². The van der Waals surface area contributed by atoms with Gasteiger partial charge < -0.3 is 14.9 Å². The molecule has 1 atom stereocenters. The summed E-state index contributed by atoms with van der Waals surface area (Å²) in [5.74, 6) is 0.844. The number of nitrogens with zero attached hydrogens (tertiary/aromatic N) is 1. The Bertz CT molecular complexity index is 539. The van der Waals surface area contributed by atoms with Crippen LogP contribution in [0, 0.1) is 5.41 Å². The average molecular weight is 333 g/mol. The highest BCUT2D eigenvalue weighted by Gasteiger charge is 2.34. The molecule has 1 aromatic carbocycles. The molecule has 0 aliphatic carbocycles. The molecule has 1 fully saturated rings. The van der Waals surface area contributed by atoms with Gasteiger partial charge in [-0.25, -0.2) is 0 Å². The molecule has 134 valence electrons. The molecule has 1 aliphatic heterocycles. The number of para-hydroxylation sites is 1. The Balaban J connectivity index is 2.06. The SMILES string of the molecule is CC(C)=CC[C@]1(CO)CCCN(Cc2ccccc2OCCO)C1. The molecule has 0 saturated carbocycles. The predicted molar refractivity (Wildman–Crippen MR) is 97.1 cm³/mol. The van der Waals surface area contributed by atoms with Gasteiger partial charge in [-0.15, -0.1) is 0 Å². The fraction of sp³-hybridized carbons (Fsp3) is 0.600. The van der Waals surface area contributed by atoms with Crippen molar-refractivity contribution in [2.45, 2.75) is 39.7 Å². The summed E-state index contributed by atoms with van der Waals surface area (Å²) < 4.78 is 5.65. The van der Waals surface area contributed by atoms with Crippen molar-refractivity contribution in [2.24, 2.45) is 5.41 Å². The molecule has 0 bridgehead atoms. The number of hydrogen-bond acceptors (Lipinski definition) is 4. The normalized spacial score (nSPS) is 21.5. The number of hydrogen-bond donors (Lipinski definition) is 2. The maximum atomic E-state index is 10.0. The Morgan fingerprint density at radius 2 is 2.08 bits per heavy atom. The zero-order valence-electron chi connectivity index (χ0n) is 15.0. The smallest absolute Gasteiger partial charge is 0.123 e. The van der Waals surface area contributed by atoms with Crippen molar-refractivity contribution in [3.8, 4) is 5.75 Å². The molecule has 1 aromatic rings. The van der Waals surface area contributed by atoms with Gasteiger partial charge in [-0.05, 0) is 45.7 Å². The summed E-state index contributed by atoms with van der Waals surface area (Å²) in [4.78, 5) is 2.42. The second-order valence-corrected chi connectivity index (χ2v) is 7.14. The van der Waals surface area contributed by atoms with Crippen molar-refractivity contribution in [2.75, 3.05) is 32.9 Å². The van der Waals surface area contributed by atoms with Crippen LogP contribution in [0.4, 0.5) is 0 Å². The third kappa shape index (κ3) is 5.33. The summed E-state index contributed by atoms with van der Waals surface area (Å²) in [6.45, 7) is 7.56. The van der Waals surface area contributed by atoms with E-state index in [1.54, 1.807) is 0 Å². The Labute approximate surface area is 145 Å². The van der Waals surface area contributed by atoms with E-state index in [1.165, 1.54) is 5.57 Å². The van der Waals surface area contributed by atoms with Crippen LogP contribution in [0.2, 0.25) is 0 Å². The molecule has 1 saturated heterocycles. The molecule has 24 heavy (non-hydrogen) atoms. The van der Waals surface area contributed by atoms with Crippen LogP contribution in [0.15, 0.2) is 35.9 Å². The van der Waals surface area contributed by atoms with Gasteiger partial charge >= 0.3 is 0 Å². The Kier molecular flexibility index (Phi) is 7.28. The van der Waals surface area contributed by atoms with Crippen molar-refractivity contribution in [1.82, 2.24) is 4.90 Å². The highest BCUT2D eigenvalue weighted by Crippen LogP contribution is 2.35. The molecule has 2 rings (SSSR count). The molecule has 0 spiro atoms. The number of rotatable bonds is 8. The Morgan fingerprint density at radius 3 is 2.79 bits per heavy atom. The molecular weight excluding hydrogens is 302 g/mol. The van der Waals surface area contributed by atoms with Crippen LogP contribution in [-0.2, 0) is 6.54 Å². The van der Waals surface area contributed by atoms with E-state index in [1.807, 2.05) is 18.2 Å². The zero-order valence-corrected chi connectivity index (χ0v) is 15.0. The first-order valence-electron chi connectivity index (χ1n) is 8.87. The number of allylic oxidation sites excluding steroid dienone is 2. The van der Waals surface area contributed by atoms with Gasteiger partial charge in [0.15, 0.2) is 0 Å². The second-order valence-electron chi connectivity index (χ2n) is 7.14. The number of benzene rings is 1. The minimum Gasteiger partial charge on any atom is -0.491 e. The lowest BCUT2D eigenvalue weighted by molar-refractivity contribution is 0.0303. The van der Waals surface area contributed by atoms with Gasteiger partial charge in [-0.3, -0.25) is 4.90 Å². The van der Waals surface area contributed by atoms with Crippen molar-refractivity contribution < 1.29 is 14.9 Å². The van der Waals surface area contributed by atoms with E-state index in [0.29, 0.717) is 6.61 Å². The van der Waals surface area contributed by atoms with E-state index in [4.69, 9.17) is 9.84 Å². The maximum absolute atomic E-state index is 10.0. The molecule has 2 N–H and O–H groups in total. The van der Waals surface area contributed by atoms with E-state index in [0.717, 1.165) is 50.2 Å². The fourth-order valence-corrected chi connectivity index (χ4v) is 3.40. The largest absolute Gasteiger partial charge is 0.491 e. The van der Waals surface area contributed by atoms with Gasteiger partial charge in [0.2, 0.25) is 0 Å². The van der Waals surface area contributed by atoms with Crippen LogP contribution >= 0.6 is 0 Å². The number of aliphatic hydroxyl groups excluding tert-OH is 2. The maximum Gasteiger partial charge on any atom is 0.123 e. The van der Waals surface area contributed by atoms with E-state index >= 15 is 0 Å². The summed E-state index contributed by atoms with van der Waals surface area (Å²) in [7, 11) is 0. The monoisotopic (exact) mass is 333 g/mol. The van der Waals surface area contributed by atoms with Crippen LogP contribution in [0.25, 0.3) is 0 Å². The first-order valence-corrected chi connectivity index (χ1v) is 8.87. The first-order chi connectivity index (χ1) is 11.6. The van der Waals surface area contributed by atoms with Crippen molar-refractivity contribution in [1.29, 1.82) is 0 Å². The van der Waals surface area contributed by atoms with Gasteiger partial charge in [0.1, 0.15) is 12.4 Å². The molecule has 0 radical (unpaired) electrons. The summed E-state index contributed by atoms with van der Waals surface area (Å²) in [5, 5.41) is 19.0. The molecule has 1 heterocycles. The lowest BCUT2D eigenvalue weighted by Gasteiger charge is -2.41. The second kappa shape index (κ2) is 9.21. The van der Waals surface area contributed by atoms with Gasteiger partial charge in [0.25, 0.3) is 0 Å². The molecule has 4 heteroatoms. The van der Waals surface area contributed by atoms with E-state index < -0.39 is 0 Å². The van der Waals surface area contributed by atoms with Crippen LogP contribution in [0.3, 0.4) is 0 Å². The molecule has 1 aliphatic rings. The topological polar surface area (TPSA) is 52.9 Å².